The molecule has 1 aromatic rings. The van der Waals surface area contributed by atoms with Crippen molar-refractivity contribution in [1.82, 2.24) is 9.03 Å². The minimum Gasteiger partial charge on any atom is -0.213 e. The summed E-state index contributed by atoms with van der Waals surface area (Å²) in [6, 6.07) is 4.77. The van der Waals surface area contributed by atoms with Crippen LogP contribution >= 0.6 is 0 Å². The zero-order chi connectivity index (χ0) is 16.5. The molecule has 1 aliphatic rings. The Labute approximate surface area is 132 Å². The molecule has 0 saturated carbocycles. The average molecular weight is 346 g/mol. The lowest BCUT2D eigenvalue weighted by molar-refractivity contribution is 0.305. The first-order valence-electron chi connectivity index (χ1n) is 7.14. The zero-order valence-corrected chi connectivity index (χ0v) is 14.7. The summed E-state index contributed by atoms with van der Waals surface area (Å²) < 4.78 is 52.2. The van der Waals surface area contributed by atoms with E-state index in [1.807, 2.05) is 13.0 Å². The number of piperidine rings is 1. The van der Waals surface area contributed by atoms with Crippen LogP contribution in [0.25, 0.3) is 0 Å². The highest BCUT2D eigenvalue weighted by molar-refractivity contribution is 7.89. The topological polar surface area (TPSA) is 83.6 Å². The quantitative estimate of drug-likeness (QED) is 0.882. The fourth-order valence-corrected chi connectivity index (χ4v) is 5.12. The average Bonchev–Trinajstić information content (AvgIpc) is 2.36. The third-order valence-corrected chi connectivity index (χ3v) is 6.75. The summed E-state index contributed by atoms with van der Waals surface area (Å²) in [4.78, 5) is 0.245. The minimum atomic E-state index is -3.65. The normalized spacial score (nSPS) is 21.0. The van der Waals surface area contributed by atoms with Crippen molar-refractivity contribution in [2.24, 2.45) is 0 Å². The smallest absolute Gasteiger partial charge is 0.213 e. The number of hydrogen-bond acceptors (Lipinski definition) is 4. The van der Waals surface area contributed by atoms with E-state index in [1.54, 1.807) is 19.1 Å². The Morgan fingerprint density at radius 3 is 2.45 bits per heavy atom. The second-order valence-electron chi connectivity index (χ2n) is 5.85. The van der Waals surface area contributed by atoms with Gasteiger partial charge in [-0.1, -0.05) is 17.7 Å². The van der Waals surface area contributed by atoms with Gasteiger partial charge >= 0.3 is 0 Å². The molecule has 0 aliphatic carbocycles. The van der Waals surface area contributed by atoms with E-state index in [9.17, 15) is 16.8 Å². The molecule has 22 heavy (non-hydrogen) atoms. The van der Waals surface area contributed by atoms with Gasteiger partial charge in [-0.3, -0.25) is 0 Å². The van der Waals surface area contributed by atoms with Gasteiger partial charge in [0.25, 0.3) is 0 Å². The van der Waals surface area contributed by atoms with Gasteiger partial charge in [-0.2, -0.15) is 0 Å². The molecule has 0 aromatic heterocycles. The highest BCUT2D eigenvalue weighted by atomic mass is 32.2. The summed E-state index contributed by atoms with van der Waals surface area (Å²) >= 11 is 0. The van der Waals surface area contributed by atoms with Gasteiger partial charge in [-0.05, 0) is 38.3 Å². The third-order valence-electron chi connectivity index (χ3n) is 3.79. The van der Waals surface area contributed by atoms with E-state index in [0.29, 0.717) is 24.9 Å². The van der Waals surface area contributed by atoms with Crippen LogP contribution in [0, 0.1) is 13.8 Å². The molecular weight excluding hydrogens is 324 g/mol. The standard InChI is InChI=1S/C14H22N2O4S2/c1-11-6-7-14(12(2)9-11)22(19,20)15-13-5-4-8-16(10-13)21(3,17)18/h6-7,9,13,15H,4-5,8,10H2,1-3H3. The zero-order valence-electron chi connectivity index (χ0n) is 13.0. The molecule has 1 aliphatic heterocycles. The molecule has 1 heterocycles. The largest absolute Gasteiger partial charge is 0.241 e. The maximum atomic E-state index is 12.5. The van der Waals surface area contributed by atoms with Crippen LogP contribution < -0.4 is 4.72 Å². The van der Waals surface area contributed by atoms with E-state index in [-0.39, 0.29) is 11.4 Å². The van der Waals surface area contributed by atoms with Crippen molar-refractivity contribution in [3.8, 4) is 0 Å². The van der Waals surface area contributed by atoms with Gasteiger partial charge in [0.2, 0.25) is 20.0 Å². The Morgan fingerprint density at radius 2 is 1.86 bits per heavy atom. The number of sulfonamides is 2. The maximum Gasteiger partial charge on any atom is 0.241 e. The monoisotopic (exact) mass is 346 g/mol. The van der Waals surface area contributed by atoms with E-state index in [1.165, 1.54) is 4.31 Å². The lowest BCUT2D eigenvalue weighted by atomic mass is 10.1. The van der Waals surface area contributed by atoms with Crippen molar-refractivity contribution in [3.63, 3.8) is 0 Å². The molecular formula is C14H22N2O4S2. The van der Waals surface area contributed by atoms with Gasteiger partial charge in [0, 0.05) is 19.1 Å². The summed E-state index contributed by atoms with van der Waals surface area (Å²) in [6.07, 6.45) is 2.43. The highest BCUT2D eigenvalue weighted by Gasteiger charge is 2.29. The van der Waals surface area contributed by atoms with Crippen LogP contribution in [0.5, 0.6) is 0 Å². The van der Waals surface area contributed by atoms with Crippen LogP contribution in [0.1, 0.15) is 24.0 Å². The van der Waals surface area contributed by atoms with E-state index < -0.39 is 26.1 Å². The summed E-state index contributed by atoms with van der Waals surface area (Å²) in [5, 5.41) is 0. The van der Waals surface area contributed by atoms with Crippen LogP contribution in [0.15, 0.2) is 23.1 Å². The van der Waals surface area contributed by atoms with Crippen molar-refractivity contribution >= 4 is 20.0 Å². The fraction of sp³-hybridized carbons (Fsp3) is 0.571. The molecule has 1 atom stereocenters. The lowest BCUT2D eigenvalue weighted by Gasteiger charge is -2.31. The lowest BCUT2D eigenvalue weighted by Crippen LogP contribution is -2.49. The van der Waals surface area contributed by atoms with Crippen molar-refractivity contribution in [1.29, 1.82) is 0 Å². The van der Waals surface area contributed by atoms with Crippen molar-refractivity contribution in [2.45, 2.75) is 37.6 Å². The van der Waals surface area contributed by atoms with Gasteiger partial charge in [-0.25, -0.2) is 25.9 Å². The molecule has 8 heteroatoms. The predicted octanol–water partition coefficient (Wildman–Crippen LogP) is 1.01. The molecule has 0 spiro atoms. The van der Waals surface area contributed by atoms with E-state index in [2.05, 4.69) is 4.72 Å². The number of hydrogen-bond donors (Lipinski definition) is 1. The number of benzene rings is 1. The van der Waals surface area contributed by atoms with Crippen molar-refractivity contribution < 1.29 is 16.8 Å². The Hall–Kier alpha value is -0.960. The number of rotatable bonds is 4. The highest BCUT2D eigenvalue weighted by Crippen LogP contribution is 2.19. The molecule has 6 nitrogen and oxygen atoms in total. The summed E-state index contributed by atoms with van der Waals surface area (Å²) in [5.41, 5.74) is 1.68. The Balaban J connectivity index is 2.18. The Bertz CT molecular complexity index is 757. The maximum absolute atomic E-state index is 12.5. The van der Waals surface area contributed by atoms with E-state index >= 15 is 0 Å². The number of aryl methyl sites for hydroxylation is 2. The van der Waals surface area contributed by atoms with Gasteiger partial charge in [-0.15, -0.1) is 0 Å². The first-order valence-corrected chi connectivity index (χ1v) is 10.5. The minimum absolute atomic E-state index is 0.184. The fourth-order valence-electron chi connectivity index (χ4n) is 2.72. The Kier molecular flexibility index (Phi) is 4.96. The van der Waals surface area contributed by atoms with Crippen LogP contribution in [-0.4, -0.2) is 46.5 Å². The Morgan fingerprint density at radius 1 is 1.18 bits per heavy atom. The molecule has 1 fully saturated rings. The van der Waals surface area contributed by atoms with Gasteiger partial charge in [0.1, 0.15) is 0 Å². The molecule has 124 valence electrons. The predicted molar refractivity (Wildman–Crippen MR) is 85.7 cm³/mol. The van der Waals surface area contributed by atoms with Crippen molar-refractivity contribution in [2.75, 3.05) is 19.3 Å². The summed E-state index contributed by atoms with van der Waals surface area (Å²) in [7, 11) is -6.94. The number of nitrogens with one attached hydrogen (secondary N) is 1. The second kappa shape index (κ2) is 6.27. The summed E-state index contributed by atoms with van der Waals surface area (Å²) in [5.74, 6) is 0. The molecule has 1 unspecified atom stereocenters. The molecule has 1 aromatic carbocycles. The first-order chi connectivity index (χ1) is 10.1. The molecule has 1 saturated heterocycles. The molecule has 2 rings (SSSR count). The van der Waals surface area contributed by atoms with Crippen LogP contribution in [0.4, 0.5) is 0 Å². The van der Waals surface area contributed by atoms with Crippen LogP contribution in [0.3, 0.4) is 0 Å². The molecule has 1 N–H and O–H groups in total. The van der Waals surface area contributed by atoms with Gasteiger partial charge < -0.3 is 0 Å². The molecule has 0 bridgehead atoms. The molecule has 0 radical (unpaired) electrons. The summed E-state index contributed by atoms with van der Waals surface area (Å²) in [6.45, 7) is 4.29. The first kappa shape index (κ1) is 17.4. The van der Waals surface area contributed by atoms with Crippen LogP contribution in [-0.2, 0) is 20.0 Å². The number of nitrogens with zero attached hydrogens (tertiary/aromatic N) is 1. The second-order valence-corrected chi connectivity index (χ2v) is 9.52. The molecule has 0 amide bonds. The van der Waals surface area contributed by atoms with Crippen molar-refractivity contribution in [3.05, 3.63) is 29.3 Å². The van der Waals surface area contributed by atoms with Gasteiger partial charge in [0.05, 0.1) is 11.2 Å². The van der Waals surface area contributed by atoms with Crippen LogP contribution in [0.2, 0.25) is 0 Å². The van der Waals surface area contributed by atoms with Gasteiger partial charge in [0.15, 0.2) is 0 Å². The SMILES string of the molecule is Cc1ccc(S(=O)(=O)NC2CCCN(S(C)(=O)=O)C2)c(C)c1. The van der Waals surface area contributed by atoms with E-state index in [4.69, 9.17) is 0 Å². The third kappa shape index (κ3) is 4.07. The van der Waals surface area contributed by atoms with E-state index in [0.717, 1.165) is 11.8 Å².